The number of ether oxygens (including phenoxy) is 2. The number of carbonyl (C=O) groups excluding carboxylic acids is 1. The number of hydrogen-bond acceptors (Lipinski definition) is 8. The fraction of sp³-hybridized carbons (Fsp3) is 0.915. The van der Waals surface area contributed by atoms with Gasteiger partial charge in [0.25, 0.3) is 0 Å². The normalized spacial score (nSPS) is 19.7. The minimum absolute atomic E-state index is 0.178. The van der Waals surface area contributed by atoms with Crippen LogP contribution in [0.4, 0.5) is 0 Å². The quantitative estimate of drug-likeness (QED) is 0.0261. The summed E-state index contributed by atoms with van der Waals surface area (Å²) in [7, 11) is 0. The first-order chi connectivity index (χ1) is 33.3. The number of hydrogen-bond donors (Lipinski definition) is 6. The molecule has 0 aromatic carbocycles. The van der Waals surface area contributed by atoms with Crippen molar-refractivity contribution in [1.29, 1.82) is 0 Å². The third-order valence-corrected chi connectivity index (χ3v) is 14.3. The van der Waals surface area contributed by atoms with Crippen molar-refractivity contribution < 1.29 is 39.8 Å². The summed E-state index contributed by atoms with van der Waals surface area (Å²) >= 11 is 0. The molecule has 0 aliphatic carbocycles. The zero-order valence-corrected chi connectivity index (χ0v) is 44.6. The highest BCUT2D eigenvalue weighted by atomic mass is 16.7. The Labute approximate surface area is 419 Å². The van der Waals surface area contributed by atoms with E-state index in [-0.39, 0.29) is 12.5 Å². The minimum Gasteiger partial charge on any atom is -0.394 e. The predicted octanol–water partition coefficient (Wildman–Crippen LogP) is 14.6. The van der Waals surface area contributed by atoms with Crippen LogP contribution in [0.15, 0.2) is 24.3 Å². The van der Waals surface area contributed by atoms with Gasteiger partial charge in [0.1, 0.15) is 24.4 Å². The molecule has 6 N–H and O–H groups in total. The molecule has 1 saturated heterocycles. The largest absolute Gasteiger partial charge is 0.394 e. The molecule has 0 aromatic rings. The number of rotatable bonds is 51. The van der Waals surface area contributed by atoms with Crippen LogP contribution in [-0.4, -0.2) is 87.5 Å². The van der Waals surface area contributed by atoms with Crippen molar-refractivity contribution in [3.8, 4) is 0 Å². The molecule has 1 aliphatic rings. The lowest BCUT2D eigenvalue weighted by atomic mass is 9.99. The lowest BCUT2D eigenvalue weighted by molar-refractivity contribution is -0.302. The molecule has 1 rings (SSSR count). The summed E-state index contributed by atoms with van der Waals surface area (Å²) in [4.78, 5) is 13.0. The van der Waals surface area contributed by atoms with Gasteiger partial charge >= 0.3 is 0 Å². The van der Waals surface area contributed by atoms with E-state index in [2.05, 4.69) is 31.3 Å². The molecule has 402 valence electrons. The Morgan fingerprint density at radius 1 is 0.485 bits per heavy atom. The van der Waals surface area contributed by atoms with Gasteiger partial charge < -0.3 is 40.3 Å². The summed E-state index contributed by atoms with van der Waals surface area (Å²) < 4.78 is 11.3. The van der Waals surface area contributed by atoms with Crippen molar-refractivity contribution in [2.75, 3.05) is 13.2 Å². The van der Waals surface area contributed by atoms with E-state index in [1.165, 1.54) is 225 Å². The summed E-state index contributed by atoms with van der Waals surface area (Å²) in [5, 5.41) is 54.5. The average molecular weight is 965 g/mol. The predicted molar refractivity (Wildman–Crippen MR) is 286 cm³/mol. The van der Waals surface area contributed by atoms with E-state index in [1.54, 1.807) is 6.08 Å². The smallest absolute Gasteiger partial charge is 0.220 e. The maximum Gasteiger partial charge on any atom is 0.220 e. The molecule has 1 heterocycles. The SMILES string of the molecule is CCCCCCCC/C=C\CCCCCCCCCC(=O)NC(COC1OC(CO)C(O)C(O)C1O)C(O)/C=C/CCCCCCCCCCCCCCCCCCCCCCCCCCCC. The standard InChI is InChI=1S/C59H113NO8/c1-3-5-7-9-11-13-15-17-19-21-22-23-24-25-26-27-28-29-30-31-33-34-36-38-40-42-44-46-48-53(62)52(51-67-59-58(66)57(65)56(64)54(50-61)68-59)60-55(63)49-47-45-43-41-39-37-35-32-20-18-16-14-12-10-8-6-4-2/h18,20,46,48,52-54,56-59,61-62,64-66H,3-17,19,21-45,47,49-51H2,1-2H3,(H,60,63)/b20-18-,48-46+. The van der Waals surface area contributed by atoms with Crippen molar-refractivity contribution in [3.05, 3.63) is 24.3 Å². The third kappa shape index (κ3) is 38.4. The second-order valence-corrected chi connectivity index (χ2v) is 20.8. The molecule has 0 aromatic heterocycles. The summed E-state index contributed by atoms with van der Waals surface area (Å²) in [6.07, 6.45) is 55.4. The Morgan fingerprint density at radius 2 is 0.824 bits per heavy atom. The molecule has 9 heteroatoms. The number of amides is 1. The lowest BCUT2D eigenvalue weighted by Crippen LogP contribution is -2.60. The van der Waals surface area contributed by atoms with Crippen molar-refractivity contribution in [2.45, 2.75) is 333 Å². The van der Waals surface area contributed by atoms with Crippen molar-refractivity contribution in [1.82, 2.24) is 5.32 Å². The molecule has 1 amide bonds. The summed E-state index contributed by atoms with van der Waals surface area (Å²) in [5.74, 6) is -0.178. The topological polar surface area (TPSA) is 149 Å². The van der Waals surface area contributed by atoms with Crippen LogP contribution in [0.3, 0.4) is 0 Å². The summed E-state index contributed by atoms with van der Waals surface area (Å²) in [6, 6.07) is -0.806. The summed E-state index contributed by atoms with van der Waals surface area (Å²) in [5.41, 5.74) is 0. The Morgan fingerprint density at radius 3 is 1.19 bits per heavy atom. The van der Waals surface area contributed by atoms with Gasteiger partial charge in [-0.3, -0.25) is 4.79 Å². The molecule has 1 fully saturated rings. The van der Waals surface area contributed by atoms with Crippen LogP contribution in [0.1, 0.15) is 290 Å². The van der Waals surface area contributed by atoms with Gasteiger partial charge in [0.15, 0.2) is 6.29 Å². The Hall–Kier alpha value is -1.33. The first-order valence-corrected chi connectivity index (χ1v) is 29.6. The molecule has 0 spiro atoms. The highest BCUT2D eigenvalue weighted by Gasteiger charge is 2.44. The zero-order valence-electron chi connectivity index (χ0n) is 44.6. The Kier molecular flexibility index (Phi) is 46.9. The molecular formula is C59H113NO8. The Balaban J connectivity index is 2.19. The van der Waals surface area contributed by atoms with Crippen LogP contribution in [0.5, 0.6) is 0 Å². The lowest BCUT2D eigenvalue weighted by Gasteiger charge is -2.40. The highest BCUT2D eigenvalue weighted by Crippen LogP contribution is 2.23. The fourth-order valence-corrected chi connectivity index (χ4v) is 9.57. The second kappa shape index (κ2) is 49.3. The molecule has 68 heavy (non-hydrogen) atoms. The molecule has 0 radical (unpaired) electrons. The van der Waals surface area contributed by atoms with E-state index in [1.807, 2.05) is 6.08 Å². The van der Waals surface area contributed by atoms with Crippen LogP contribution in [0.25, 0.3) is 0 Å². The highest BCUT2D eigenvalue weighted by molar-refractivity contribution is 5.76. The van der Waals surface area contributed by atoms with Crippen molar-refractivity contribution in [2.24, 2.45) is 0 Å². The van der Waals surface area contributed by atoms with E-state index in [4.69, 9.17) is 9.47 Å². The number of nitrogens with one attached hydrogen (secondary N) is 1. The van der Waals surface area contributed by atoms with Gasteiger partial charge in [0.05, 0.1) is 25.4 Å². The number of carbonyl (C=O) groups is 1. The van der Waals surface area contributed by atoms with Gasteiger partial charge in [-0.05, 0) is 44.9 Å². The van der Waals surface area contributed by atoms with E-state index in [9.17, 15) is 30.3 Å². The maximum atomic E-state index is 13.0. The van der Waals surface area contributed by atoms with Crippen LogP contribution < -0.4 is 5.32 Å². The molecule has 9 nitrogen and oxygen atoms in total. The molecule has 0 bridgehead atoms. The van der Waals surface area contributed by atoms with E-state index >= 15 is 0 Å². The van der Waals surface area contributed by atoms with Gasteiger partial charge in [0.2, 0.25) is 5.91 Å². The van der Waals surface area contributed by atoms with Crippen molar-refractivity contribution >= 4 is 5.91 Å². The first-order valence-electron chi connectivity index (χ1n) is 29.6. The molecule has 0 saturated carbocycles. The van der Waals surface area contributed by atoms with Gasteiger partial charge in [-0.2, -0.15) is 0 Å². The maximum absolute atomic E-state index is 13.0. The Bertz CT molecular complexity index is 1120. The van der Waals surface area contributed by atoms with Crippen LogP contribution in [-0.2, 0) is 14.3 Å². The average Bonchev–Trinajstić information content (AvgIpc) is 3.34. The van der Waals surface area contributed by atoms with Gasteiger partial charge in [-0.25, -0.2) is 0 Å². The van der Waals surface area contributed by atoms with Gasteiger partial charge in [0, 0.05) is 6.42 Å². The number of aliphatic hydroxyl groups excluding tert-OH is 5. The molecule has 7 atom stereocenters. The first kappa shape index (κ1) is 64.7. The van der Waals surface area contributed by atoms with Gasteiger partial charge in [-0.15, -0.1) is 0 Å². The summed E-state index contributed by atoms with van der Waals surface area (Å²) in [6.45, 7) is 3.80. The minimum atomic E-state index is -1.57. The van der Waals surface area contributed by atoms with Crippen molar-refractivity contribution in [3.63, 3.8) is 0 Å². The zero-order chi connectivity index (χ0) is 49.4. The van der Waals surface area contributed by atoms with Gasteiger partial charge in [-0.1, -0.05) is 263 Å². The van der Waals surface area contributed by atoms with E-state index in [0.29, 0.717) is 6.42 Å². The number of allylic oxidation sites excluding steroid dienone is 3. The molecule has 7 unspecified atom stereocenters. The van der Waals surface area contributed by atoms with Crippen LogP contribution in [0.2, 0.25) is 0 Å². The van der Waals surface area contributed by atoms with E-state index < -0.39 is 49.5 Å². The molecular weight excluding hydrogens is 851 g/mol. The monoisotopic (exact) mass is 964 g/mol. The number of unbranched alkanes of at least 4 members (excludes halogenated alkanes) is 39. The van der Waals surface area contributed by atoms with E-state index in [0.717, 1.165) is 44.9 Å². The third-order valence-electron chi connectivity index (χ3n) is 14.3. The molecule has 1 aliphatic heterocycles. The van der Waals surface area contributed by atoms with Crippen LogP contribution in [0, 0.1) is 0 Å². The fourth-order valence-electron chi connectivity index (χ4n) is 9.57. The number of aliphatic hydroxyl groups is 5. The van der Waals surface area contributed by atoms with Crippen LogP contribution >= 0.6 is 0 Å². The second-order valence-electron chi connectivity index (χ2n) is 20.8.